The van der Waals surface area contributed by atoms with E-state index in [0.717, 1.165) is 28.2 Å². The molecule has 0 spiro atoms. The molecule has 0 bridgehead atoms. The number of ether oxygens (including phenoxy) is 3. The number of carbonyl (C=O) groups is 1. The van der Waals surface area contributed by atoms with Crippen molar-refractivity contribution in [1.29, 1.82) is 0 Å². The SMILES string of the molecule is COC(=O)C1CCN(c2ncc(-c3ccc4nc5c(n4c3)C(c3ccccc3OC(F)F)OCC5)cn2)CC1. The van der Waals surface area contributed by atoms with Gasteiger partial charge in [0.05, 0.1) is 31.0 Å². The van der Waals surface area contributed by atoms with Crippen LogP contribution >= 0.6 is 0 Å². The summed E-state index contributed by atoms with van der Waals surface area (Å²) in [4.78, 5) is 27.8. The van der Waals surface area contributed by atoms with Crippen molar-refractivity contribution in [2.75, 3.05) is 31.7 Å². The number of anilines is 1. The van der Waals surface area contributed by atoms with Crippen LogP contribution in [0.5, 0.6) is 5.75 Å². The fourth-order valence-electron chi connectivity index (χ4n) is 5.35. The molecule has 1 saturated heterocycles. The molecule has 0 saturated carbocycles. The van der Waals surface area contributed by atoms with Crippen LogP contribution in [0.1, 0.15) is 35.9 Å². The van der Waals surface area contributed by atoms with Crippen molar-refractivity contribution in [3.8, 4) is 16.9 Å². The van der Waals surface area contributed by atoms with Gasteiger partial charge in [-0.1, -0.05) is 18.2 Å². The summed E-state index contributed by atoms with van der Waals surface area (Å²) in [6, 6.07) is 10.6. The van der Waals surface area contributed by atoms with Crippen molar-refractivity contribution >= 4 is 17.6 Å². The molecule has 11 heteroatoms. The number of fused-ring (bicyclic) bond motifs is 3. The number of rotatable bonds is 6. The number of imidazole rings is 1. The number of aromatic nitrogens is 4. The van der Waals surface area contributed by atoms with Gasteiger partial charge in [-0.15, -0.1) is 0 Å². The highest BCUT2D eigenvalue weighted by atomic mass is 19.3. The largest absolute Gasteiger partial charge is 0.469 e. The van der Waals surface area contributed by atoms with Crippen molar-refractivity contribution in [3.63, 3.8) is 0 Å². The molecule has 9 nitrogen and oxygen atoms in total. The van der Waals surface area contributed by atoms with Gasteiger partial charge in [-0.05, 0) is 31.0 Å². The summed E-state index contributed by atoms with van der Waals surface area (Å²) in [6.07, 6.45) is 6.91. The highest BCUT2D eigenvalue weighted by Crippen LogP contribution is 2.38. The van der Waals surface area contributed by atoms with Crippen LogP contribution in [0, 0.1) is 5.92 Å². The summed E-state index contributed by atoms with van der Waals surface area (Å²) in [5.74, 6) is 0.448. The normalized spacial score (nSPS) is 17.8. The van der Waals surface area contributed by atoms with Gasteiger partial charge in [0.15, 0.2) is 0 Å². The Morgan fingerprint density at radius 1 is 1.08 bits per heavy atom. The van der Waals surface area contributed by atoms with Crippen LogP contribution in [-0.2, 0) is 20.7 Å². The Hall–Kier alpha value is -4.12. The van der Waals surface area contributed by atoms with E-state index in [0.29, 0.717) is 50.5 Å². The average Bonchev–Trinajstić information content (AvgIpc) is 3.35. The molecule has 2 aliphatic rings. The van der Waals surface area contributed by atoms with Gasteiger partial charge in [0.1, 0.15) is 17.5 Å². The van der Waals surface area contributed by atoms with Crippen molar-refractivity contribution in [3.05, 3.63) is 71.9 Å². The predicted molar refractivity (Wildman–Crippen MR) is 138 cm³/mol. The Balaban J connectivity index is 1.29. The van der Waals surface area contributed by atoms with Gasteiger partial charge in [-0.25, -0.2) is 15.0 Å². The topological polar surface area (TPSA) is 91.1 Å². The lowest BCUT2D eigenvalue weighted by molar-refractivity contribution is -0.146. The molecule has 0 aliphatic carbocycles. The van der Waals surface area contributed by atoms with Gasteiger partial charge < -0.3 is 23.5 Å². The molecule has 0 amide bonds. The van der Waals surface area contributed by atoms with E-state index in [4.69, 9.17) is 19.2 Å². The third kappa shape index (κ3) is 4.89. The molecule has 3 aromatic heterocycles. The maximum atomic E-state index is 13.1. The van der Waals surface area contributed by atoms with Crippen molar-refractivity contribution in [2.45, 2.75) is 32.0 Å². The molecule has 6 rings (SSSR count). The summed E-state index contributed by atoms with van der Waals surface area (Å²) in [7, 11) is 1.42. The zero-order valence-electron chi connectivity index (χ0n) is 21.3. The summed E-state index contributed by atoms with van der Waals surface area (Å²) >= 11 is 0. The first-order valence-electron chi connectivity index (χ1n) is 12.8. The minimum atomic E-state index is -2.94. The molecule has 1 atom stereocenters. The summed E-state index contributed by atoms with van der Waals surface area (Å²) < 4.78 is 43.9. The second kappa shape index (κ2) is 10.6. The quantitative estimate of drug-likeness (QED) is 0.335. The van der Waals surface area contributed by atoms with E-state index in [1.54, 1.807) is 30.6 Å². The molecule has 39 heavy (non-hydrogen) atoms. The average molecular weight is 536 g/mol. The van der Waals surface area contributed by atoms with E-state index in [1.807, 2.05) is 22.7 Å². The number of para-hydroxylation sites is 1. The Morgan fingerprint density at radius 3 is 2.59 bits per heavy atom. The molecule has 1 aromatic carbocycles. The number of pyridine rings is 1. The number of hydrogen-bond acceptors (Lipinski definition) is 8. The number of piperidine rings is 1. The molecule has 0 N–H and O–H groups in total. The van der Waals surface area contributed by atoms with E-state index in [2.05, 4.69) is 14.9 Å². The number of carbonyl (C=O) groups excluding carboxylic acids is 1. The van der Waals surface area contributed by atoms with Gasteiger partial charge in [0.2, 0.25) is 5.95 Å². The zero-order chi connectivity index (χ0) is 26.9. The summed E-state index contributed by atoms with van der Waals surface area (Å²) in [5, 5.41) is 0. The Labute approximate surface area is 223 Å². The maximum absolute atomic E-state index is 13.1. The van der Waals surface area contributed by atoms with E-state index >= 15 is 0 Å². The molecular formula is C28H27F2N5O4. The van der Waals surface area contributed by atoms with Crippen LogP contribution in [0.25, 0.3) is 16.8 Å². The lowest BCUT2D eigenvalue weighted by Gasteiger charge is -2.30. The van der Waals surface area contributed by atoms with Crippen LogP contribution in [-0.4, -0.2) is 58.7 Å². The van der Waals surface area contributed by atoms with E-state index in [-0.39, 0.29) is 17.6 Å². The van der Waals surface area contributed by atoms with Crippen molar-refractivity contribution < 1.29 is 27.8 Å². The molecule has 2 aliphatic heterocycles. The number of hydrogen-bond donors (Lipinski definition) is 0. The van der Waals surface area contributed by atoms with Crippen molar-refractivity contribution in [1.82, 2.24) is 19.4 Å². The fraction of sp³-hybridized carbons (Fsp3) is 0.357. The molecule has 4 aromatic rings. The summed E-state index contributed by atoms with van der Waals surface area (Å²) in [6.45, 7) is -1.15. The number of methoxy groups -OCH3 is 1. The zero-order valence-corrected chi connectivity index (χ0v) is 21.3. The predicted octanol–water partition coefficient (Wildman–Crippen LogP) is 4.44. The standard InChI is InChI=1S/C28H27F2N5O4/c1-37-26(36)17-8-11-34(12-9-17)28-31-14-19(15-32-28)18-6-7-23-33-21-10-13-38-25(24(21)35(23)16-18)20-4-2-3-5-22(20)39-27(29)30/h2-7,14-17,25,27H,8-13H2,1H3. The number of halogens is 2. The highest BCUT2D eigenvalue weighted by Gasteiger charge is 2.31. The molecule has 202 valence electrons. The molecular weight excluding hydrogens is 508 g/mol. The first kappa shape index (κ1) is 25.2. The van der Waals surface area contributed by atoms with Crippen LogP contribution in [0.15, 0.2) is 55.0 Å². The Morgan fingerprint density at radius 2 is 1.85 bits per heavy atom. The fourth-order valence-corrected chi connectivity index (χ4v) is 5.35. The van der Waals surface area contributed by atoms with Crippen LogP contribution in [0.3, 0.4) is 0 Å². The lowest BCUT2D eigenvalue weighted by Crippen LogP contribution is -2.37. The molecule has 1 fully saturated rings. The lowest BCUT2D eigenvalue weighted by atomic mass is 9.97. The van der Waals surface area contributed by atoms with E-state index in [1.165, 1.54) is 13.2 Å². The number of esters is 1. The van der Waals surface area contributed by atoms with Gasteiger partial charge in [-0.2, -0.15) is 8.78 Å². The smallest absolute Gasteiger partial charge is 0.387 e. The number of alkyl halides is 2. The van der Waals surface area contributed by atoms with Gasteiger partial charge in [0.25, 0.3) is 0 Å². The molecule has 5 heterocycles. The summed E-state index contributed by atoms with van der Waals surface area (Å²) in [5.41, 5.74) is 4.60. The van der Waals surface area contributed by atoms with Crippen LogP contribution < -0.4 is 9.64 Å². The Kier molecular flexibility index (Phi) is 6.82. The first-order valence-corrected chi connectivity index (χ1v) is 12.8. The maximum Gasteiger partial charge on any atom is 0.387 e. The van der Waals surface area contributed by atoms with E-state index in [9.17, 15) is 13.6 Å². The van der Waals surface area contributed by atoms with Crippen LogP contribution in [0.2, 0.25) is 0 Å². The van der Waals surface area contributed by atoms with Gasteiger partial charge in [-0.3, -0.25) is 4.79 Å². The third-order valence-electron chi connectivity index (χ3n) is 7.30. The second-order valence-corrected chi connectivity index (χ2v) is 9.56. The highest BCUT2D eigenvalue weighted by molar-refractivity contribution is 5.72. The minimum absolute atomic E-state index is 0.0797. The van der Waals surface area contributed by atoms with E-state index < -0.39 is 12.7 Å². The van der Waals surface area contributed by atoms with Crippen LogP contribution in [0.4, 0.5) is 14.7 Å². The molecule has 1 unspecified atom stereocenters. The monoisotopic (exact) mass is 535 g/mol. The Bertz CT molecular complexity index is 1490. The van der Waals surface area contributed by atoms with Crippen molar-refractivity contribution in [2.24, 2.45) is 5.92 Å². The third-order valence-corrected chi connectivity index (χ3v) is 7.30. The first-order chi connectivity index (χ1) is 19.0. The second-order valence-electron chi connectivity index (χ2n) is 9.56. The van der Waals surface area contributed by atoms with Gasteiger partial charge in [0, 0.05) is 54.8 Å². The number of benzene rings is 1. The number of nitrogens with zero attached hydrogens (tertiary/aromatic N) is 5. The minimum Gasteiger partial charge on any atom is -0.469 e. The molecule has 0 radical (unpaired) electrons. The van der Waals surface area contributed by atoms with Gasteiger partial charge >= 0.3 is 12.6 Å².